The van der Waals surface area contributed by atoms with Crippen molar-refractivity contribution in [2.24, 2.45) is 0 Å². The molecule has 1 unspecified atom stereocenters. The van der Waals surface area contributed by atoms with Crippen molar-refractivity contribution in [2.45, 2.75) is 25.3 Å². The molecule has 2 heterocycles. The van der Waals surface area contributed by atoms with Crippen LogP contribution in [0.25, 0.3) is 0 Å². The minimum absolute atomic E-state index is 0.644. The number of carboxylic acid groups (broad SMARTS) is 1. The van der Waals surface area contributed by atoms with E-state index in [1.165, 1.54) is 32.0 Å². The molecule has 4 heteroatoms. The number of fused-ring (bicyclic) bond motifs is 1. The average molecular weight is 210 g/mol. The molecule has 0 radical (unpaired) electrons. The van der Waals surface area contributed by atoms with E-state index < -0.39 is 5.97 Å². The summed E-state index contributed by atoms with van der Waals surface area (Å²) >= 11 is 0. The van der Waals surface area contributed by atoms with E-state index in [0.29, 0.717) is 6.04 Å². The number of carbonyl (C=O) groups is 1. The second kappa shape index (κ2) is 4.66. The lowest BCUT2D eigenvalue weighted by Gasteiger charge is -2.24. The first-order valence-electron chi connectivity index (χ1n) is 5.65. The fourth-order valence-corrected chi connectivity index (χ4v) is 2.54. The van der Waals surface area contributed by atoms with E-state index in [-0.39, 0.29) is 0 Å². The van der Waals surface area contributed by atoms with Gasteiger partial charge in [-0.05, 0) is 25.8 Å². The Bertz CT molecular complexity index is 265. The van der Waals surface area contributed by atoms with Crippen LogP contribution in [0, 0.1) is 0 Å². The number of rotatable bonds is 2. The Balaban J connectivity index is 1.93. The first kappa shape index (κ1) is 10.5. The first-order chi connectivity index (χ1) is 7.25. The maximum absolute atomic E-state index is 10.4. The Labute approximate surface area is 90.2 Å². The number of hydrogen-bond acceptors (Lipinski definition) is 3. The summed E-state index contributed by atoms with van der Waals surface area (Å²) in [6.07, 6.45) is 6.66. The standard InChI is InChI=1S/C11H18N2O2/c14-11(15)4-8-12-5-2-7-13-6-1-3-10(13)9-12/h4,8,10H,1-3,5-7,9H2,(H,14,15)/b8-4+. The van der Waals surface area contributed by atoms with Gasteiger partial charge in [0.1, 0.15) is 0 Å². The van der Waals surface area contributed by atoms with Crippen molar-refractivity contribution in [3.63, 3.8) is 0 Å². The van der Waals surface area contributed by atoms with Crippen LogP contribution in [0.3, 0.4) is 0 Å². The molecule has 0 aliphatic carbocycles. The fraction of sp³-hybridized carbons (Fsp3) is 0.727. The van der Waals surface area contributed by atoms with Crippen molar-refractivity contribution in [1.29, 1.82) is 0 Å². The van der Waals surface area contributed by atoms with E-state index in [1.807, 2.05) is 0 Å². The van der Waals surface area contributed by atoms with Crippen LogP contribution in [0.1, 0.15) is 19.3 Å². The summed E-state index contributed by atoms with van der Waals surface area (Å²) in [4.78, 5) is 15.1. The average Bonchev–Trinajstić information content (AvgIpc) is 2.53. The van der Waals surface area contributed by atoms with Crippen molar-refractivity contribution in [3.05, 3.63) is 12.3 Å². The van der Waals surface area contributed by atoms with Crippen molar-refractivity contribution >= 4 is 5.97 Å². The first-order valence-corrected chi connectivity index (χ1v) is 5.65. The predicted molar refractivity (Wildman–Crippen MR) is 57.6 cm³/mol. The second-order valence-corrected chi connectivity index (χ2v) is 4.33. The molecule has 0 aromatic heterocycles. The summed E-state index contributed by atoms with van der Waals surface area (Å²) in [5, 5.41) is 8.58. The SMILES string of the molecule is O=C(O)/C=C/N1CCCN2CCCC2C1. The van der Waals surface area contributed by atoms with E-state index in [4.69, 9.17) is 5.11 Å². The molecule has 1 N–H and O–H groups in total. The molecule has 2 aliphatic heterocycles. The third-order valence-electron chi connectivity index (χ3n) is 3.26. The van der Waals surface area contributed by atoms with E-state index in [0.717, 1.165) is 19.5 Å². The summed E-state index contributed by atoms with van der Waals surface area (Å²) in [6.45, 7) is 4.36. The van der Waals surface area contributed by atoms with Gasteiger partial charge < -0.3 is 10.0 Å². The summed E-state index contributed by atoms with van der Waals surface area (Å²) in [5.41, 5.74) is 0. The predicted octanol–water partition coefficient (Wildman–Crippen LogP) is 0.755. The highest BCUT2D eigenvalue weighted by molar-refractivity contribution is 5.79. The lowest BCUT2D eigenvalue weighted by molar-refractivity contribution is -0.131. The maximum Gasteiger partial charge on any atom is 0.329 e. The summed E-state index contributed by atoms with van der Waals surface area (Å²) in [7, 11) is 0. The Morgan fingerprint density at radius 3 is 2.87 bits per heavy atom. The van der Waals surface area contributed by atoms with Crippen molar-refractivity contribution < 1.29 is 9.90 Å². The maximum atomic E-state index is 10.4. The lowest BCUT2D eigenvalue weighted by Crippen LogP contribution is -2.34. The van der Waals surface area contributed by atoms with Crippen molar-refractivity contribution in [3.8, 4) is 0 Å². The zero-order chi connectivity index (χ0) is 10.7. The molecular formula is C11H18N2O2. The zero-order valence-corrected chi connectivity index (χ0v) is 8.93. The summed E-state index contributed by atoms with van der Waals surface area (Å²) < 4.78 is 0. The lowest BCUT2D eigenvalue weighted by atomic mass is 10.2. The zero-order valence-electron chi connectivity index (χ0n) is 8.93. The Morgan fingerprint density at radius 1 is 1.27 bits per heavy atom. The highest BCUT2D eigenvalue weighted by Crippen LogP contribution is 2.21. The molecule has 15 heavy (non-hydrogen) atoms. The minimum Gasteiger partial charge on any atom is -0.478 e. The van der Waals surface area contributed by atoms with Gasteiger partial charge in [-0.15, -0.1) is 0 Å². The molecule has 2 rings (SSSR count). The van der Waals surface area contributed by atoms with Crippen molar-refractivity contribution in [1.82, 2.24) is 9.80 Å². The van der Waals surface area contributed by atoms with E-state index >= 15 is 0 Å². The molecule has 0 aromatic carbocycles. The third kappa shape index (κ3) is 2.72. The van der Waals surface area contributed by atoms with Gasteiger partial charge in [-0.25, -0.2) is 4.79 Å². The summed E-state index contributed by atoms with van der Waals surface area (Å²) in [6, 6.07) is 0.644. The Hall–Kier alpha value is -1.03. The van der Waals surface area contributed by atoms with Gasteiger partial charge >= 0.3 is 5.97 Å². The third-order valence-corrected chi connectivity index (χ3v) is 3.26. The Kier molecular flexibility index (Phi) is 3.26. The monoisotopic (exact) mass is 210 g/mol. The van der Waals surface area contributed by atoms with Crippen LogP contribution >= 0.6 is 0 Å². The van der Waals surface area contributed by atoms with Crippen LogP contribution in [-0.2, 0) is 4.79 Å². The minimum atomic E-state index is -0.859. The van der Waals surface area contributed by atoms with Gasteiger partial charge in [-0.1, -0.05) is 0 Å². The summed E-state index contributed by atoms with van der Waals surface area (Å²) in [5.74, 6) is -0.859. The molecule has 0 aromatic rings. The van der Waals surface area contributed by atoms with Gasteiger partial charge in [0.05, 0.1) is 0 Å². The molecular weight excluding hydrogens is 192 g/mol. The van der Waals surface area contributed by atoms with Gasteiger partial charge in [0.2, 0.25) is 0 Å². The van der Waals surface area contributed by atoms with Gasteiger partial charge in [-0.2, -0.15) is 0 Å². The van der Waals surface area contributed by atoms with E-state index in [2.05, 4.69) is 9.80 Å². The second-order valence-electron chi connectivity index (χ2n) is 4.33. The largest absolute Gasteiger partial charge is 0.478 e. The number of aliphatic carboxylic acids is 1. The van der Waals surface area contributed by atoms with Crippen LogP contribution in [0.5, 0.6) is 0 Å². The number of carboxylic acids is 1. The van der Waals surface area contributed by atoms with Gasteiger partial charge in [0, 0.05) is 38.0 Å². The molecule has 4 nitrogen and oxygen atoms in total. The molecule has 84 valence electrons. The van der Waals surface area contributed by atoms with E-state index in [9.17, 15) is 4.79 Å². The molecule has 2 saturated heterocycles. The molecule has 0 amide bonds. The van der Waals surface area contributed by atoms with Crippen LogP contribution in [0.4, 0.5) is 0 Å². The molecule has 2 aliphatic rings. The molecule has 2 fully saturated rings. The fourth-order valence-electron chi connectivity index (χ4n) is 2.54. The van der Waals surface area contributed by atoms with Crippen LogP contribution < -0.4 is 0 Å². The number of nitrogens with zero attached hydrogens (tertiary/aromatic N) is 2. The van der Waals surface area contributed by atoms with Gasteiger partial charge in [0.15, 0.2) is 0 Å². The van der Waals surface area contributed by atoms with Gasteiger partial charge in [-0.3, -0.25) is 4.90 Å². The molecule has 1 atom stereocenters. The van der Waals surface area contributed by atoms with Crippen LogP contribution in [0.2, 0.25) is 0 Å². The number of hydrogen-bond donors (Lipinski definition) is 1. The molecule has 0 bridgehead atoms. The Morgan fingerprint density at radius 2 is 2.07 bits per heavy atom. The van der Waals surface area contributed by atoms with Crippen LogP contribution in [-0.4, -0.2) is 53.1 Å². The normalized spacial score (nSPS) is 28.0. The van der Waals surface area contributed by atoms with Gasteiger partial charge in [0.25, 0.3) is 0 Å². The van der Waals surface area contributed by atoms with Crippen molar-refractivity contribution in [2.75, 3.05) is 26.2 Å². The smallest absolute Gasteiger partial charge is 0.329 e. The molecule has 0 saturated carbocycles. The highest BCUT2D eigenvalue weighted by atomic mass is 16.4. The quantitative estimate of drug-likeness (QED) is 0.683. The highest BCUT2D eigenvalue weighted by Gasteiger charge is 2.27. The molecule has 0 spiro atoms. The van der Waals surface area contributed by atoms with E-state index in [1.54, 1.807) is 6.20 Å². The topological polar surface area (TPSA) is 43.8 Å². The van der Waals surface area contributed by atoms with Crippen LogP contribution in [0.15, 0.2) is 12.3 Å².